The minimum Gasteiger partial charge on any atom is -0.507 e. The molecule has 0 heterocycles. The van der Waals surface area contributed by atoms with Gasteiger partial charge in [0.15, 0.2) is 5.78 Å². The lowest BCUT2D eigenvalue weighted by Crippen LogP contribution is -2.25. The van der Waals surface area contributed by atoms with Gasteiger partial charge in [0.25, 0.3) is 0 Å². The van der Waals surface area contributed by atoms with Crippen LogP contribution in [0.4, 0.5) is 0 Å². The molecule has 4 rings (SSSR count). The fraction of sp³-hybridized carbons (Fsp3) is 0.222. The van der Waals surface area contributed by atoms with E-state index in [0.717, 1.165) is 18.1 Å². The second kappa shape index (κ2) is 8.54. The Kier molecular flexibility index (Phi) is 5.77. The van der Waals surface area contributed by atoms with Crippen LogP contribution in [0, 0.1) is 5.92 Å². The minimum atomic E-state index is -1.29. The zero-order valence-electron chi connectivity index (χ0n) is 18.4. The molecule has 3 aromatic carbocycles. The van der Waals surface area contributed by atoms with E-state index in [9.17, 15) is 29.7 Å². The van der Waals surface area contributed by atoms with E-state index in [2.05, 4.69) is 13.8 Å². The van der Waals surface area contributed by atoms with Crippen LogP contribution < -0.4 is 0 Å². The Morgan fingerprint density at radius 1 is 0.818 bits per heavy atom. The molecule has 0 unspecified atom stereocenters. The van der Waals surface area contributed by atoms with Crippen molar-refractivity contribution in [2.24, 2.45) is 5.92 Å². The van der Waals surface area contributed by atoms with Crippen molar-refractivity contribution in [3.8, 4) is 11.5 Å². The SMILES string of the molecule is CC(C)Cc1ccc(CCc2c(C(=O)O)cc(O)c3c2C(=O)c2cccc(O)c2C3=O)cc1. The summed E-state index contributed by atoms with van der Waals surface area (Å²) < 4.78 is 0. The number of hydrogen-bond donors (Lipinski definition) is 3. The van der Waals surface area contributed by atoms with E-state index in [1.54, 1.807) is 0 Å². The number of fused-ring (bicyclic) bond motifs is 2. The first-order chi connectivity index (χ1) is 15.7. The van der Waals surface area contributed by atoms with Crippen molar-refractivity contribution in [2.75, 3.05) is 0 Å². The second-order valence-corrected chi connectivity index (χ2v) is 8.75. The van der Waals surface area contributed by atoms with E-state index < -0.39 is 23.3 Å². The van der Waals surface area contributed by atoms with Crippen molar-refractivity contribution in [1.29, 1.82) is 0 Å². The lowest BCUT2D eigenvalue weighted by Gasteiger charge is -2.23. The third-order valence-corrected chi connectivity index (χ3v) is 5.94. The summed E-state index contributed by atoms with van der Waals surface area (Å²) in [7, 11) is 0. The summed E-state index contributed by atoms with van der Waals surface area (Å²) in [5.41, 5.74) is 1.61. The summed E-state index contributed by atoms with van der Waals surface area (Å²) in [6.07, 6.45) is 1.60. The Morgan fingerprint density at radius 2 is 1.48 bits per heavy atom. The molecule has 0 saturated heterocycles. The molecule has 0 amide bonds. The highest BCUT2D eigenvalue weighted by Crippen LogP contribution is 2.39. The van der Waals surface area contributed by atoms with Crippen molar-refractivity contribution in [3.05, 3.63) is 93.0 Å². The molecule has 0 aliphatic heterocycles. The summed E-state index contributed by atoms with van der Waals surface area (Å²) in [5.74, 6) is -3.00. The molecule has 168 valence electrons. The van der Waals surface area contributed by atoms with Crippen LogP contribution in [0.2, 0.25) is 0 Å². The van der Waals surface area contributed by atoms with Gasteiger partial charge in [-0.2, -0.15) is 0 Å². The van der Waals surface area contributed by atoms with Gasteiger partial charge in [-0.05, 0) is 54.0 Å². The molecule has 0 atom stereocenters. The van der Waals surface area contributed by atoms with E-state index in [-0.39, 0.29) is 45.6 Å². The van der Waals surface area contributed by atoms with Crippen molar-refractivity contribution in [2.45, 2.75) is 33.1 Å². The maximum atomic E-state index is 13.3. The molecule has 0 aromatic heterocycles. The Hall–Kier alpha value is -3.93. The largest absolute Gasteiger partial charge is 0.507 e. The van der Waals surface area contributed by atoms with Crippen LogP contribution in [0.5, 0.6) is 11.5 Å². The van der Waals surface area contributed by atoms with E-state index >= 15 is 0 Å². The third-order valence-electron chi connectivity index (χ3n) is 5.94. The number of carboxylic acids is 1. The first-order valence-corrected chi connectivity index (χ1v) is 10.8. The van der Waals surface area contributed by atoms with Crippen molar-refractivity contribution in [3.63, 3.8) is 0 Å². The van der Waals surface area contributed by atoms with E-state index in [1.165, 1.54) is 23.8 Å². The lowest BCUT2D eigenvalue weighted by molar-refractivity contribution is 0.0694. The van der Waals surface area contributed by atoms with Crippen LogP contribution in [0.1, 0.15) is 72.7 Å². The van der Waals surface area contributed by atoms with Gasteiger partial charge in [-0.25, -0.2) is 4.79 Å². The molecule has 6 heteroatoms. The normalized spacial score (nSPS) is 12.6. The fourth-order valence-electron chi connectivity index (χ4n) is 4.45. The number of carbonyl (C=O) groups excluding carboxylic acids is 2. The number of rotatable bonds is 6. The molecule has 33 heavy (non-hydrogen) atoms. The molecular formula is C27H24O6. The average Bonchev–Trinajstić information content (AvgIpc) is 2.76. The molecule has 0 fully saturated rings. The number of aryl methyl sites for hydroxylation is 1. The van der Waals surface area contributed by atoms with Crippen LogP contribution in [0.15, 0.2) is 48.5 Å². The van der Waals surface area contributed by atoms with Gasteiger partial charge in [-0.3, -0.25) is 9.59 Å². The van der Waals surface area contributed by atoms with Crippen molar-refractivity contribution >= 4 is 17.5 Å². The molecule has 0 saturated carbocycles. The molecule has 0 radical (unpaired) electrons. The molecule has 3 N–H and O–H groups in total. The highest BCUT2D eigenvalue weighted by atomic mass is 16.4. The summed E-state index contributed by atoms with van der Waals surface area (Å²) in [4.78, 5) is 38.4. The Bertz CT molecular complexity index is 1280. The quantitative estimate of drug-likeness (QED) is 0.402. The molecule has 0 bridgehead atoms. The number of hydrogen-bond acceptors (Lipinski definition) is 5. The lowest BCUT2D eigenvalue weighted by atomic mass is 9.78. The van der Waals surface area contributed by atoms with Crippen LogP contribution in [0.25, 0.3) is 0 Å². The first kappa shape index (κ1) is 22.3. The number of phenolic OH excluding ortho intramolecular Hbond substituents is 2. The van der Waals surface area contributed by atoms with Gasteiger partial charge in [0.05, 0.1) is 16.7 Å². The van der Waals surface area contributed by atoms with Crippen LogP contribution >= 0.6 is 0 Å². The Labute approximate surface area is 191 Å². The molecule has 0 spiro atoms. The molecular weight excluding hydrogens is 420 g/mol. The Balaban J connectivity index is 1.78. The maximum absolute atomic E-state index is 13.3. The highest BCUT2D eigenvalue weighted by Gasteiger charge is 2.37. The van der Waals surface area contributed by atoms with E-state index in [1.807, 2.05) is 24.3 Å². The minimum absolute atomic E-state index is 0.00581. The number of aromatic hydroxyl groups is 2. The van der Waals surface area contributed by atoms with E-state index in [0.29, 0.717) is 12.3 Å². The van der Waals surface area contributed by atoms with Crippen molar-refractivity contribution in [1.82, 2.24) is 0 Å². The monoisotopic (exact) mass is 444 g/mol. The zero-order valence-corrected chi connectivity index (χ0v) is 18.4. The van der Waals surface area contributed by atoms with Gasteiger partial charge in [0, 0.05) is 11.1 Å². The smallest absolute Gasteiger partial charge is 0.336 e. The molecule has 3 aromatic rings. The standard InChI is InChI=1S/C27H24O6/c1-14(2)12-16-8-6-15(7-9-16)10-11-17-19(27(32)33)13-21(29)24-23(17)25(30)18-4-3-5-20(28)22(18)26(24)31/h3-9,13-14,28-29H,10-12H2,1-2H3,(H,32,33). The van der Waals surface area contributed by atoms with Crippen LogP contribution in [0.3, 0.4) is 0 Å². The fourth-order valence-corrected chi connectivity index (χ4v) is 4.45. The predicted molar refractivity (Wildman–Crippen MR) is 122 cm³/mol. The Morgan fingerprint density at radius 3 is 2.12 bits per heavy atom. The van der Waals surface area contributed by atoms with Gasteiger partial charge < -0.3 is 15.3 Å². The summed E-state index contributed by atoms with van der Waals surface area (Å²) >= 11 is 0. The van der Waals surface area contributed by atoms with Crippen molar-refractivity contribution < 1.29 is 29.7 Å². The number of benzene rings is 3. The molecule has 6 nitrogen and oxygen atoms in total. The van der Waals surface area contributed by atoms with Crippen LogP contribution in [-0.4, -0.2) is 32.9 Å². The number of carbonyl (C=O) groups is 3. The number of aromatic carboxylic acids is 1. The summed E-state index contributed by atoms with van der Waals surface area (Å²) in [6, 6.07) is 13.2. The maximum Gasteiger partial charge on any atom is 0.336 e. The van der Waals surface area contributed by atoms with Gasteiger partial charge in [0.2, 0.25) is 5.78 Å². The molecule has 1 aliphatic rings. The first-order valence-electron chi connectivity index (χ1n) is 10.8. The number of carboxylic acid groups (broad SMARTS) is 1. The van der Waals surface area contributed by atoms with Gasteiger partial charge in [-0.1, -0.05) is 50.2 Å². The van der Waals surface area contributed by atoms with Crippen LogP contribution in [-0.2, 0) is 19.3 Å². The third kappa shape index (κ3) is 4.00. The average molecular weight is 444 g/mol. The summed E-state index contributed by atoms with van der Waals surface area (Å²) in [6.45, 7) is 4.29. The topological polar surface area (TPSA) is 112 Å². The summed E-state index contributed by atoms with van der Waals surface area (Å²) in [5, 5.41) is 30.4. The zero-order chi connectivity index (χ0) is 23.9. The van der Waals surface area contributed by atoms with Gasteiger partial charge in [-0.15, -0.1) is 0 Å². The highest BCUT2D eigenvalue weighted by molar-refractivity contribution is 6.31. The number of phenols is 2. The predicted octanol–water partition coefficient (Wildman–Crippen LogP) is 4.56. The van der Waals surface area contributed by atoms with Gasteiger partial charge in [0.1, 0.15) is 11.5 Å². The van der Waals surface area contributed by atoms with E-state index in [4.69, 9.17) is 0 Å². The second-order valence-electron chi connectivity index (χ2n) is 8.75. The number of ketones is 2. The van der Waals surface area contributed by atoms with Gasteiger partial charge >= 0.3 is 5.97 Å². The molecule has 1 aliphatic carbocycles.